The number of aryl methyl sites for hydroxylation is 2. The molecule has 0 radical (unpaired) electrons. The van der Waals surface area contributed by atoms with E-state index < -0.39 is 22.0 Å². The minimum Gasteiger partial charge on any atom is -0.459 e. The highest BCUT2D eigenvalue weighted by atomic mass is 32.2. The van der Waals surface area contributed by atoms with E-state index in [4.69, 9.17) is 9.47 Å². The summed E-state index contributed by atoms with van der Waals surface area (Å²) in [5.74, 6) is -0.864. The van der Waals surface area contributed by atoms with Gasteiger partial charge in [0.1, 0.15) is 17.6 Å². The molecule has 11 heteroatoms. The number of amides is 2. The van der Waals surface area contributed by atoms with Crippen LogP contribution in [0.15, 0.2) is 35.2 Å². The Hall–Kier alpha value is -3.05. The molecule has 3 rings (SSSR count). The van der Waals surface area contributed by atoms with Gasteiger partial charge >= 0.3 is 12.0 Å². The Kier molecular flexibility index (Phi) is 5.56. The Morgan fingerprint density at radius 2 is 1.86 bits per heavy atom. The molecule has 2 N–H and O–H groups in total. The van der Waals surface area contributed by atoms with Gasteiger partial charge < -0.3 is 9.47 Å². The molecule has 2 aromatic rings. The lowest BCUT2D eigenvalue weighted by Crippen LogP contribution is -2.35. The minimum absolute atomic E-state index is 0.0329. The molecule has 1 fully saturated rings. The first kappa shape index (κ1) is 19.7. The normalized spacial score (nSPS) is 15.6. The largest absolute Gasteiger partial charge is 0.459 e. The van der Waals surface area contributed by atoms with Gasteiger partial charge in [0, 0.05) is 11.4 Å². The summed E-state index contributed by atoms with van der Waals surface area (Å²) < 4.78 is 37.0. The Morgan fingerprint density at radius 1 is 1.21 bits per heavy atom. The molecule has 28 heavy (non-hydrogen) atoms. The van der Waals surface area contributed by atoms with Gasteiger partial charge in [-0.1, -0.05) is 12.1 Å². The molecule has 0 aliphatic carbocycles. The van der Waals surface area contributed by atoms with Crippen LogP contribution < -0.4 is 10.0 Å². The number of urea groups is 1. The summed E-state index contributed by atoms with van der Waals surface area (Å²) in [6.45, 7) is 3.95. The van der Waals surface area contributed by atoms with Crippen LogP contribution in [0.25, 0.3) is 0 Å². The van der Waals surface area contributed by atoms with Gasteiger partial charge in [0.25, 0.3) is 10.0 Å². The Balaban J connectivity index is 1.74. The first-order valence-corrected chi connectivity index (χ1v) is 9.77. The van der Waals surface area contributed by atoms with E-state index in [2.05, 4.69) is 15.3 Å². The maximum atomic E-state index is 12.6. The number of hydrogen-bond donors (Lipinski definition) is 2. The number of hydrogen-bond acceptors (Lipinski definition) is 8. The molecule has 0 bridgehead atoms. The van der Waals surface area contributed by atoms with Crippen LogP contribution in [0, 0.1) is 13.8 Å². The second kappa shape index (κ2) is 7.90. The number of aromatic nitrogens is 2. The van der Waals surface area contributed by atoms with Gasteiger partial charge in [-0.25, -0.2) is 32.7 Å². The zero-order valence-corrected chi connectivity index (χ0v) is 15.9. The summed E-state index contributed by atoms with van der Waals surface area (Å²) in [5, 5.41) is 2.26. The molecule has 0 spiro atoms. The third-order valence-electron chi connectivity index (χ3n) is 3.63. The number of epoxide rings is 1. The van der Waals surface area contributed by atoms with E-state index in [0.29, 0.717) is 18.0 Å². The highest BCUT2D eigenvalue weighted by molar-refractivity contribution is 7.90. The topological polar surface area (TPSA) is 140 Å². The van der Waals surface area contributed by atoms with Crippen molar-refractivity contribution in [2.75, 3.05) is 18.5 Å². The van der Waals surface area contributed by atoms with Gasteiger partial charge in [-0.15, -0.1) is 0 Å². The molecule has 2 amide bonds. The predicted octanol–water partition coefficient (Wildman–Crippen LogP) is 1.16. The van der Waals surface area contributed by atoms with E-state index in [-0.39, 0.29) is 29.1 Å². The molecular weight excluding hydrogens is 388 g/mol. The zero-order valence-electron chi connectivity index (χ0n) is 15.1. The van der Waals surface area contributed by atoms with E-state index in [1.165, 1.54) is 24.3 Å². The second-order valence-electron chi connectivity index (χ2n) is 6.08. The molecule has 1 unspecified atom stereocenters. The lowest BCUT2D eigenvalue weighted by atomic mass is 10.2. The fourth-order valence-electron chi connectivity index (χ4n) is 2.37. The van der Waals surface area contributed by atoms with Gasteiger partial charge in [0.05, 0.1) is 12.2 Å². The number of ether oxygens (including phenoxy) is 2. The van der Waals surface area contributed by atoms with Crippen LogP contribution in [0.3, 0.4) is 0 Å². The molecule has 10 nitrogen and oxygen atoms in total. The Bertz CT molecular complexity index is 1000. The van der Waals surface area contributed by atoms with Crippen molar-refractivity contribution in [2.24, 2.45) is 0 Å². The second-order valence-corrected chi connectivity index (χ2v) is 7.73. The van der Waals surface area contributed by atoms with Crippen LogP contribution in [-0.2, 0) is 19.5 Å². The van der Waals surface area contributed by atoms with Gasteiger partial charge in [-0.3, -0.25) is 5.32 Å². The number of esters is 1. The number of benzene rings is 1. The van der Waals surface area contributed by atoms with Gasteiger partial charge in [0.2, 0.25) is 5.95 Å². The van der Waals surface area contributed by atoms with Crippen molar-refractivity contribution in [1.82, 2.24) is 14.7 Å². The molecule has 1 saturated heterocycles. The molecule has 2 heterocycles. The van der Waals surface area contributed by atoms with E-state index >= 15 is 0 Å². The molecular formula is C17H18N4O6S. The number of rotatable bonds is 6. The first-order valence-electron chi connectivity index (χ1n) is 8.28. The minimum atomic E-state index is -4.35. The van der Waals surface area contributed by atoms with E-state index in [1.54, 1.807) is 19.9 Å². The number of anilines is 1. The zero-order chi connectivity index (χ0) is 20.3. The van der Waals surface area contributed by atoms with Crippen molar-refractivity contribution >= 4 is 28.0 Å². The lowest BCUT2D eigenvalue weighted by Gasteiger charge is -2.11. The number of carbonyl (C=O) groups is 2. The van der Waals surface area contributed by atoms with Gasteiger partial charge in [-0.2, -0.15) is 0 Å². The van der Waals surface area contributed by atoms with Crippen molar-refractivity contribution < 1.29 is 27.5 Å². The maximum Gasteiger partial charge on any atom is 0.339 e. The number of nitrogens with zero attached hydrogens (tertiary/aromatic N) is 2. The number of nitrogens with one attached hydrogen (secondary N) is 2. The van der Waals surface area contributed by atoms with Crippen molar-refractivity contribution in [2.45, 2.75) is 24.8 Å². The summed E-state index contributed by atoms with van der Waals surface area (Å²) in [6.07, 6.45) is -0.158. The summed E-state index contributed by atoms with van der Waals surface area (Å²) in [6, 6.07) is 6.07. The van der Waals surface area contributed by atoms with Crippen LogP contribution in [0.2, 0.25) is 0 Å². The lowest BCUT2D eigenvalue weighted by molar-refractivity contribution is 0.0472. The molecule has 0 saturated carbocycles. The van der Waals surface area contributed by atoms with E-state index in [1.807, 2.05) is 4.72 Å². The predicted molar refractivity (Wildman–Crippen MR) is 97.3 cm³/mol. The van der Waals surface area contributed by atoms with Crippen LogP contribution in [0.4, 0.5) is 10.7 Å². The molecule has 1 aliphatic rings. The van der Waals surface area contributed by atoms with Crippen molar-refractivity contribution in [3.63, 3.8) is 0 Å². The third kappa shape index (κ3) is 5.02. The molecule has 1 aromatic heterocycles. The third-order valence-corrected chi connectivity index (χ3v) is 5.02. The SMILES string of the molecule is Cc1cc(C)nc(NC(=O)NS(=O)(=O)c2ccccc2C(=O)OCC2CO2)n1. The fourth-order valence-corrected chi connectivity index (χ4v) is 3.47. The van der Waals surface area contributed by atoms with Crippen molar-refractivity contribution in [3.8, 4) is 0 Å². The van der Waals surface area contributed by atoms with E-state index in [9.17, 15) is 18.0 Å². The van der Waals surface area contributed by atoms with Crippen LogP contribution in [-0.4, -0.2) is 49.7 Å². The highest BCUT2D eigenvalue weighted by Crippen LogP contribution is 2.18. The summed E-state index contributed by atoms with van der Waals surface area (Å²) in [4.78, 5) is 31.9. The molecule has 148 valence electrons. The van der Waals surface area contributed by atoms with Gasteiger partial charge in [-0.05, 0) is 32.0 Å². The maximum absolute atomic E-state index is 12.6. The average Bonchev–Trinajstić information content (AvgIpc) is 3.42. The summed E-state index contributed by atoms with van der Waals surface area (Å²) >= 11 is 0. The van der Waals surface area contributed by atoms with Gasteiger partial charge in [0.15, 0.2) is 0 Å². The first-order chi connectivity index (χ1) is 13.2. The van der Waals surface area contributed by atoms with Crippen LogP contribution >= 0.6 is 0 Å². The Labute approximate surface area is 161 Å². The fraction of sp³-hybridized carbons (Fsp3) is 0.294. The number of sulfonamides is 1. The average molecular weight is 406 g/mol. The quantitative estimate of drug-likeness (QED) is 0.538. The number of carbonyl (C=O) groups excluding carboxylic acids is 2. The molecule has 1 aliphatic heterocycles. The smallest absolute Gasteiger partial charge is 0.339 e. The summed E-state index contributed by atoms with van der Waals surface area (Å²) in [7, 11) is -4.35. The standard InChI is InChI=1S/C17H18N4O6S/c1-10-7-11(2)19-16(18-10)20-17(23)21-28(24,25)14-6-4-3-5-13(14)15(22)27-9-12-8-26-12/h3-7,12H,8-9H2,1-2H3,(H2,18,19,20,21,23). The highest BCUT2D eigenvalue weighted by Gasteiger charge is 2.28. The van der Waals surface area contributed by atoms with Crippen LogP contribution in [0.5, 0.6) is 0 Å². The van der Waals surface area contributed by atoms with Crippen molar-refractivity contribution in [1.29, 1.82) is 0 Å². The molecule has 1 aromatic carbocycles. The monoisotopic (exact) mass is 406 g/mol. The summed E-state index contributed by atoms with van der Waals surface area (Å²) in [5.41, 5.74) is 1.03. The van der Waals surface area contributed by atoms with E-state index in [0.717, 1.165) is 0 Å². The van der Waals surface area contributed by atoms with Crippen LogP contribution in [0.1, 0.15) is 21.7 Å². The molecule has 1 atom stereocenters. The Morgan fingerprint density at radius 3 is 2.50 bits per heavy atom. The van der Waals surface area contributed by atoms with Crippen molar-refractivity contribution in [3.05, 3.63) is 47.3 Å².